The van der Waals surface area contributed by atoms with E-state index in [2.05, 4.69) is 125 Å². The second kappa shape index (κ2) is 6.69. The number of benzene rings is 3. The van der Waals surface area contributed by atoms with Crippen LogP contribution >= 0.6 is 0 Å². The largest absolute Gasteiger partial charge is 0.318 e. The third-order valence-corrected chi connectivity index (χ3v) is 6.74. The number of pyridine rings is 1. The van der Waals surface area contributed by atoms with E-state index in [1.54, 1.807) is 0 Å². The minimum Gasteiger partial charge on any atom is -0.318 e. The summed E-state index contributed by atoms with van der Waals surface area (Å²) < 4.78 is 2.28. The molecular formula is C29H21N3. The molecule has 5 aromatic rings. The van der Waals surface area contributed by atoms with E-state index in [0.717, 1.165) is 11.6 Å². The van der Waals surface area contributed by atoms with Gasteiger partial charge in [-0.25, -0.2) is 4.98 Å². The minimum absolute atomic E-state index is 0.248. The van der Waals surface area contributed by atoms with Crippen molar-refractivity contribution in [2.75, 3.05) is 4.90 Å². The number of fused-ring (bicyclic) bond motifs is 6. The summed E-state index contributed by atoms with van der Waals surface area (Å²) >= 11 is 0. The lowest BCUT2D eigenvalue weighted by Gasteiger charge is -2.28. The molecule has 0 saturated carbocycles. The molecule has 0 bridgehead atoms. The Balaban J connectivity index is 1.45. The minimum atomic E-state index is 0.248. The molecule has 3 nitrogen and oxygen atoms in total. The summed E-state index contributed by atoms with van der Waals surface area (Å²) in [4.78, 5) is 7.60. The van der Waals surface area contributed by atoms with Gasteiger partial charge in [0.2, 0.25) is 0 Å². The number of aromatic nitrogens is 2. The number of para-hydroxylation sites is 3. The first-order valence-corrected chi connectivity index (χ1v) is 11.1. The zero-order chi connectivity index (χ0) is 21.1. The lowest BCUT2D eigenvalue weighted by Crippen LogP contribution is -2.29. The molecule has 2 aromatic heterocycles. The van der Waals surface area contributed by atoms with E-state index >= 15 is 0 Å². The van der Waals surface area contributed by atoms with Crippen molar-refractivity contribution in [3.8, 4) is 5.82 Å². The number of hydrogen-bond donors (Lipinski definition) is 0. The van der Waals surface area contributed by atoms with Crippen LogP contribution in [0.5, 0.6) is 0 Å². The molecule has 152 valence electrons. The summed E-state index contributed by atoms with van der Waals surface area (Å²) in [7, 11) is 0. The molecule has 2 aliphatic rings. The van der Waals surface area contributed by atoms with Crippen molar-refractivity contribution < 1.29 is 0 Å². The van der Waals surface area contributed by atoms with E-state index in [4.69, 9.17) is 4.98 Å². The highest BCUT2D eigenvalue weighted by Gasteiger charge is 2.37. The van der Waals surface area contributed by atoms with Crippen molar-refractivity contribution in [3.63, 3.8) is 0 Å². The van der Waals surface area contributed by atoms with Gasteiger partial charge in [-0.2, -0.15) is 0 Å². The predicted octanol–water partition coefficient (Wildman–Crippen LogP) is 6.91. The Morgan fingerprint density at radius 3 is 2.06 bits per heavy atom. The molecule has 1 aliphatic heterocycles. The van der Waals surface area contributed by atoms with Gasteiger partial charge in [0.15, 0.2) is 0 Å². The molecule has 3 heteroatoms. The van der Waals surface area contributed by atoms with Crippen LogP contribution in [0.2, 0.25) is 0 Å². The summed E-state index contributed by atoms with van der Waals surface area (Å²) in [6.45, 7) is 0. The SMILES string of the molecule is C1=CC2c3ccccc3N(c3cccc(-n4c5ccccc5c5ccccc54)n3)C2C=C1. The topological polar surface area (TPSA) is 21.1 Å². The molecule has 0 spiro atoms. The van der Waals surface area contributed by atoms with Crippen molar-refractivity contribution in [1.29, 1.82) is 0 Å². The lowest BCUT2D eigenvalue weighted by atomic mass is 9.91. The third-order valence-electron chi connectivity index (χ3n) is 6.74. The maximum absolute atomic E-state index is 5.22. The molecule has 0 saturated heterocycles. The number of allylic oxidation sites excluding steroid dienone is 2. The van der Waals surface area contributed by atoms with Gasteiger partial charge in [0.25, 0.3) is 0 Å². The normalized spacial score (nSPS) is 18.9. The van der Waals surface area contributed by atoms with Gasteiger partial charge in [0, 0.05) is 22.4 Å². The van der Waals surface area contributed by atoms with Gasteiger partial charge in [-0.1, -0.05) is 85.0 Å². The summed E-state index contributed by atoms with van der Waals surface area (Å²) in [5.74, 6) is 2.27. The molecule has 0 fully saturated rings. The fraction of sp³-hybridized carbons (Fsp3) is 0.0690. The molecule has 32 heavy (non-hydrogen) atoms. The summed E-state index contributed by atoms with van der Waals surface area (Å²) in [5.41, 5.74) is 4.96. The maximum Gasteiger partial charge on any atom is 0.140 e. The Morgan fingerprint density at radius 2 is 1.25 bits per heavy atom. The Morgan fingerprint density at radius 1 is 0.594 bits per heavy atom. The van der Waals surface area contributed by atoms with Gasteiger partial charge in [-0.3, -0.25) is 4.57 Å². The average Bonchev–Trinajstić information content (AvgIpc) is 3.37. The molecule has 2 atom stereocenters. The Kier molecular flexibility index (Phi) is 3.67. The van der Waals surface area contributed by atoms with Gasteiger partial charge in [0.1, 0.15) is 11.6 Å². The van der Waals surface area contributed by atoms with E-state index in [0.29, 0.717) is 5.92 Å². The van der Waals surface area contributed by atoms with Crippen molar-refractivity contribution in [2.45, 2.75) is 12.0 Å². The predicted molar refractivity (Wildman–Crippen MR) is 132 cm³/mol. The quantitative estimate of drug-likeness (QED) is 0.315. The fourth-order valence-electron chi connectivity index (χ4n) is 5.40. The zero-order valence-corrected chi connectivity index (χ0v) is 17.5. The first kappa shape index (κ1) is 17.6. The number of anilines is 2. The summed E-state index contributed by atoms with van der Waals surface area (Å²) in [6, 6.07) is 32.5. The summed E-state index contributed by atoms with van der Waals surface area (Å²) in [5, 5.41) is 2.50. The van der Waals surface area contributed by atoms with Gasteiger partial charge >= 0.3 is 0 Å². The number of hydrogen-bond acceptors (Lipinski definition) is 2. The molecule has 2 unspecified atom stereocenters. The van der Waals surface area contributed by atoms with Crippen LogP contribution in [0.3, 0.4) is 0 Å². The highest BCUT2D eigenvalue weighted by Crippen LogP contribution is 2.47. The van der Waals surface area contributed by atoms with Crippen molar-refractivity contribution in [1.82, 2.24) is 9.55 Å². The van der Waals surface area contributed by atoms with Crippen molar-refractivity contribution >= 4 is 33.3 Å². The fourth-order valence-corrected chi connectivity index (χ4v) is 5.40. The molecular weight excluding hydrogens is 390 g/mol. The van der Waals surface area contributed by atoms with Crippen molar-refractivity contribution in [2.24, 2.45) is 0 Å². The van der Waals surface area contributed by atoms with Crippen LogP contribution < -0.4 is 4.90 Å². The van der Waals surface area contributed by atoms with E-state index < -0.39 is 0 Å². The first-order valence-electron chi connectivity index (χ1n) is 11.1. The Hall–Kier alpha value is -4.11. The van der Waals surface area contributed by atoms with Crippen LogP contribution in [0, 0.1) is 0 Å². The maximum atomic E-state index is 5.22. The molecule has 0 N–H and O–H groups in total. The van der Waals surface area contributed by atoms with Crippen LogP contribution in [0.4, 0.5) is 11.5 Å². The molecule has 7 rings (SSSR count). The Bertz CT molecular complexity index is 1500. The van der Waals surface area contributed by atoms with Crippen LogP contribution in [0.25, 0.3) is 27.6 Å². The number of rotatable bonds is 2. The highest BCUT2D eigenvalue weighted by atomic mass is 15.3. The third kappa shape index (κ3) is 2.39. The molecule has 0 radical (unpaired) electrons. The smallest absolute Gasteiger partial charge is 0.140 e. The van der Waals surface area contributed by atoms with Gasteiger partial charge < -0.3 is 4.90 Å². The van der Waals surface area contributed by atoms with Crippen LogP contribution in [-0.2, 0) is 0 Å². The van der Waals surface area contributed by atoms with Crippen LogP contribution in [0.1, 0.15) is 11.5 Å². The van der Waals surface area contributed by atoms with E-state index in [-0.39, 0.29) is 6.04 Å². The summed E-state index contributed by atoms with van der Waals surface area (Å²) in [6.07, 6.45) is 8.90. The standard InChI is InChI=1S/C29H21N3/c1-5-14-24-20(10-1)21-11-2-6-15-25(21)31(24)28-18-9-19-29(30-28)32-26-16-7-3-12-22(26)23-13-4-8-17-27(23)32/h1-20,24H. The average molecular weight is 412 g/mol. The van der Waals surface area contributed by atoms with Crippen molar-refractivity contribution in [3.05, 3.63) is 121 Å². The lowest BCUT2D eigenvalue weighted by molar-refractivity contribution is 0.737. The van der Waals surface area contributed by atoms with Gasteiger partial charge in [0.05, 0.1) is 17.1 Å². The van der Waals surface area contributed by atoms with Gasteiger partial charge in [-0.05, 0) is 35.9 Å². The second-order valence-electron chi connectivity index (χ2n) is 8.44. The van der Waals surface area contributed by atoms with Crippen LogP contribution in [-0.4, -0.2) is 15.6 Å². The first-order chi connectivity index (χ1) is 15.9. The molecule has 3 heterocycles. The number of nitrogens with zero attached hydrogens (tertiary/aromatic N) is 3. The van der Waals surface area contributed by atoms with Gasteiger partial charge in [-0.15, -0.1) is 0 Å². The van der Waals surface area contributed by atoms with E-state index in [9.17, 15) is 0 Å². The Labute approximate surface area is 186 Å². The molecule has 1 aliphatic carbocycles. The highest BCUT2D eigenvalue weighted by molar-refractivity contribution is 6.09. The van der Waals surface area contributed by atoms with E-state index in [1.165, 1.54) is 33.1 Å². The molecule has 0 amide bonds. The zero-order valence-electron chi connectivity index (χ0n) is 17.5. The van der Waals surface area contributed by atoms with E-state index in [1.807, 2.05) is 0 Å². The molecule has 3 aromatic carbocycles. The second-order valence-corrected chi connectivity index (χ2v) is 8.44. The monoisotopic (exact) mass is 411 g/mol. The van der Waals surface area contributed by atoms with Crippen LogP contribution in [0.15, 0.2) is 115 Å².